The van der Waals surface area contributed by atoms with E-state index >= 15 is 0 Å². The second-order valence-corrected chi connectivity index (χ2v) is 3.97. The molecule has 0 aliphatic rings. The van der Waals surface area contributed by atoms with Crippen LogP contribution in [0.25, 0.3) is 0 Å². The summed E-state index contributed by atoms with van der Waals surface area (Å²) in [4.78, 5) is 22.0. The van der Waals surface area contributed by atoms with Crippen molar-refractivity contribution in [3.63, 3.8) is 0 Å². The Hall–Kier alpha value is -1.64. The number of aliphatic carboxylic acids is 1. The molecule has 0 radical (unpaired) electrons. The predicted molar refractivity (Wildman–Crippen MR) is 61.2 cm³/mol. The molecule has 0 bridgehead atoms. The zero-order valence-electron chi connectivity index (χ0n) is 9.35. The number of carbonyl (C=O) groups is 2. The van der Waals surface area contributed by atoms with E-state index in [9.17, 15) is 9.59 Å². The monoisotopic (exact) mass is 220 g/mol. The Morgan fingerprint density at radius 1 is 1.25 bits per heavy atom. The molecule has 3 heteroatoms. The lowest BCUT2D eigenvalue weighted by atomic mass is 10.00. The Morgan fingerprint density at radius 2 is 1.88 bits per heavy atom. The molecule has 0 unspecified atom stereocenters. The van der Waals surface area contributed by atoms with E-state index in [-0.39, 0.29) is 12.2 Å². The number of Topliss-reactive ketones (excluding diaryl/α,β-unsaturated/α-hetero) is 1. The highest BCUT2D eigenvalue weighted by molar-refractivity contribution is 5.83. The fourth-order valence-corrected chi connectivity index (χ4v) is 1.46. The van der Waals surface area contributed by atoms with Crippen LogP contribution in [0.5, 0.6) is 0 Å². The van der Waals surface area contributed by atoms with Gasteiger partial charge in [0.25, 0.3) is 0 Å². The zero-order valence-corrected chi connectivity index (χ0v) is 9.35. The van der Waals surface area contributed by atoms with Crippen LogP contribution in [0.15, 0.2) is 30.3 Å². The van der Waals surface area contributed by atoms with Gasteiger partial charge in [0, 0.05) is 12.8 Å². The molecular formula is C13H16O3. The lowest BCUT2D eigenvalue weighted by Gasteiger charge is -2.05. The van der Waals surface area contributed by atoms with E-state index in [1.807, 2.05) is 30.3 Å². The Morgan fingerprint density at radius 3 is 2.44 bits per heavy atom. The Labute approximate surface area is 95.1 Å². The predicted octanol–water partition coefficient (Wildman–Crippen LogP) is 2.30. The molecule has 0 saturated carbocycles. The van der Waals surface area contributed by atoms with Crippen LogP contribution in [0.4, 0.5) is 0 Å². The number of carboxylic acids is 1. The highest BCUT2D eigenvalue weighted by Gasteiger charge is 2.15. The molecule has 1 aromatic carbocycles. The number of rotatable bonds is 6. The van der Waals surface area contributed by atoms with Crippen molar-refractivity contribution in [1.82, 2.24) is 0 Å². The number of hydrogen-bond donors (Lipinski definition) is 1. The Bertz CT molecular complexity index is 357. The van der Waals surface area contributed by atoms with Gasteiger partial charge in [-0.05, 0) is 12.0 Å². The third kappa shape index (κ3) is 4.26. The molecular weight excluding hydrogens is 204 g/mol. The fraction of sp³-hybridized carbons (Fsp3) is 0.385. The maximum Gasteiger partial charge on any atom is 0.306 e. The molecule has 86 valence electrons. The molecule has 0 amide bonds. The normalized spacial score (nSPS) is 12.1. The Balaban J connectivity index is 2.33. The summed E-state index contributed by atoms with van der Waals surface area (Å²) in [6, 6.07) is 9.72. The standard InChI is InChI=1S/C13H16O3/c1-10(13(15)16)9-12(14)8-7-11-5-3-2-4-6-11/h2-6,10H,7-9H2,1H3,(H,15,16)/t10-/m1/s1. The van der Waals surface area contributed by atoms with Gasteiger partial charge < -0.3 is 5.11 Å². The first-order valence-electron chi connectivity index (χ1n) is 5.38. The minimum absolute atomic E-state index is 0.0127. The molecule has 0 aliphatic heterocycles. The van der Waals surface area contributed by atoms with Crippen molar-refractivity contribution < 1.29 is 14.7 Å². The molecule has 3 nitrogen and oxygen atoms in total. The van der Waals surface area contributed by atoms with Gasteiger partial charge in [-0.15, -0.1) is 0 Å². The van der Waals surface area contributed by atoms with Crippen molar-refractivity contribution >= 4 is 11.8 Å². The summed E-state index contributed by atoms with van der Waals surface area (Å²) >= 11 is 0. The van der Waals surface area contributed by atoms with Gasteiger partial charge in [0.05, 0.1) is 5.92 Å². The number of ketones is 1. The van der Waals surface area contributed by atoms with Crippen LogP contribution in [-0.4, -0.2) is 16.9 Å². The quantitative estimate of drug-likeness (QED) is 0.800. The summed E-state index contributed by atoms with van der Waals surface area (Å²) in [6.45, 7) is 1.56. The summed E-state index contributed by atoms with van der Waals surface area (Å²) < 4.78 is 0. The van der Waals surface area contributed by atoms with Gasteiger partial charge in [0.15, 0.2) is 0 Å². The average Bonchev–Trinajstić information content (AvgIpc) is 2.27. The third-order valence-electron chi connectivity index (χ3n) is 2.49. The summed E-state index contributed by atoms with van der Waals surface area (Å²) in [5.41, 5.74) is 1.11. The van der Waals surface area contributed by atoms with E-state index in [4.69, 9.17) is 5.11 Å². The molecule has 1 N–H and O–H groups in total. The van der Waals surface area contributed by atoms with Gasteiger partial charge in [-0.3, -0.25) is 9.59 Å². The molecule has 0 fully saturated rings. The maximum atomic E-state index is 11.5. The molecule has 0 heterocycles. The average molecular weight is 220 g/mol. The van der Waals surface area contributed by atoms with Crippen LogP contribution in [0.2, 0.25) is 0 Å². The van der Waals surface area contributed by atoms with Gasteiger partial charge in [-0.1, -0.05) is 37.3 Å². The van der Waals surface area contributed by atoms with Crippen LogP contribution in [0.1, 0.15) is 25.3 Å². The van der Waals surface area contributed by atoms with E-state index in [1.54, 1.807) is 6.92 Å². The first kappa shape index (κ1) is 12.4. The van der Waals surface area contributed by atoms with Crippen molar-refractivity contribution in [3.8, 4) is 0 Å². The first-order valence-corrected chi connectivity index (χ1v) is 5.38. The van der Waals surface area contributed by atoms with Crippen LogP contribution >= 0.6 is 0 Å². The molecule has 0 saturated heterocycles. The second-order valence-electron chi connectivity index (χ2n) is 3.97. The molecule has 0 spiro atoms. The highest BCUT2D eigenvalue weighted by Crippen LogP contribution is 2.08. The van der Waals surface area contributed by atoms with Crippen molar-refractivity contribution in [3.05, 3.63) is 35.9 Å². The van der Waals surface area contributed by atoms with Gasteiger partial charge in [-0.25, -0.2) is 0 Å². The summed E-state index contributed by atoms with van der Waals surface area (Å²) in [5, 5.41) is 8.66. The van der Waals surface area contributed by atoms with Crippen LogP contribution in [0, 0.1) is 5.92 Å². The number of carbonyl (C=O) groups excluding carboxylic acids is 1. The van der Waals surface area contributed by atoms with Gasteiger partial charge in [0.1, 0.15) is 5.78 Å². The van der Waals surface area contributed by atoms with Crippen molar-refractivity contribution in [1.29, 1.82) is 0 Å². The maximum absolute atomic E-state index is 11.5. The largest absolute Gasteiger partial charge is 0.481 e. The molecule has 0 aromatic heterocycles. The highest BCUT2D eigenvalue weighted by atomic mass is 16.4. The molecule has 1 rings (SSSR count). The minimum Gasteiger partial charge on any atom is -0.481 e. The smallest absolute Gasteiger partial charge is 0.306 e. The van der Waals surface area contributed by atoms with E-state index < -0.39 is 11.9 Å². The summed E-state index contributed by atoms with van der Waals surface area (Å²) in [5.74, 6) is -1.48. The molecule has 16 heavy (non-hydrogen) atoms. The number of carboxylic acid groups (broad SMARTS) is 1. The minimum atomic E-state index is -0.909. The van der Waals surface area contributed by atoms with Crippen LogP contribution in [-0.2, 0) is 16.0 Å². The van der Waals surface area contributed by atoms with E-state index in [2.05, 4.69) is 0 Å². The molecule has 1 aromatic rings. The zero-order chi connectivity index (χ0) is 12.0. The topological polar surface area (TPSA) is 54.4 Å². The molecule has 0 aliphatic carbocycles. The number of aryl methyl sites for hydroxylation is 1. The number of hydrogen-bond acceptors (Lipinski definition) is 2. The summed E-state index contributed by atoms with van der Waals surface area (Å²) in [7, 11) is 0. The van der Waals surface area contributed by atoms with E-state index in [0.717, 1.165) is 5.56 Å². The van der Waals surface area contributed by atoms with Crippen molar-refractivity contribution in [2.24, 2.45) is 5.92 Å². The lowest BCUT2D eigenvalue weighted by Crippen LogP contribution is -2.14. The van der Waals surface area contributed by atoms with Gasteiger partial charge in [0.2, 0.25) is 0 Å². The third-order valence-corrected chi connectivity index (χ3v) is 2.49. The number of benzene rings is 1. The van der Waals surface area contributed by atoms with Crippen LogP contribution in [0.3, 0.4) is 0 Å². The van der Waals surface area contributed by atoms with Crippen molar-refractivity contribution in [2.75, 3.05) is 0 Å². The second kappa shape index (κ2) is 6.05. The van der Waals surface area contributed by atoms with Gasteiger partial charge in [-0.2, -0.15) is 0 Å². The SMILES string of the molecule is C[C@H](CC(=O)CCc1ccccc1)C(=O)O. The molecule has 1 atom stereocenters. The van der Waals surface area contributed by atoms with Gasteiger partial charge >= 0.3 is 5.97 Å². The lowest BCUT2D eigenvalue weighted by molar-refractivity contribution is -0.143. The van der Waals surface area contributed by atoms with Crippen molar-refractivity contribution in [2.45, 2.75) is 26.2 Å². The fourth-order valence-electron chi connectivity index (χ4n) is 1.46. The first-order chi connectivity index (χ1) is 7.59. The summed E-state index contributed by atoms with van der Waals surface area (Å²) in [6.07, 6.45) is 1.23. The van der Waals surface area contributed by atoms with E-state index in [0.29, 0.717) is 12.8 Å². The van der Waals surface area contributed by atoms with Crippen LogP contribution < -0.4 is 0 Å². The Kier molecular flexibility index (Phi) is 4.70. The van der Waals surface area contributed by atoms with E-state index in [1.165, 1.54) is 0 Å².